The Kier molecular flexibility index (Phi) is 8.25. The third-order valence-corrected chi connectivity index (χ3v) is 6.53. The maximum absolute atomic E-state index is 11.8. The number of carbonyl (C=O) groups is 3. The zero-order valence-corrected chi connectivity index (χ0v) is 18.0. The fourth-order valence-corrected chi connectivity index (χ4v) is 4.57. The topological polar surface area (TPSA) is 79.4 Å². The van der Waals surface area contributed by atoms with Crippen LogP contribution >= 0.6 is 33.3 Å². The summed E-state index contributed by atoms with van der Waals surface area (Å²) in [4.78, 5) is 41.1. The van der Waals surface area contributed by atoms with E-state index in [9.17, 15) is 14.4 Å². The SMILES string of the molecule is CSCNC(=O)CCSSc1cccc(C(C)(C)CN2C(=O)C=CC2=O)n1. The molecule has 146 valence electrons. The number of nitrogens with zero attached hydrogens (tertiary/aromatic N) is 2. The Hall–Kier alpha value is -1.45. The van der Waals surface area contributed by atoms with E-state index in [-0.39, 0.29) is 24.3 Å². The second-order valence-electron chi connectivity index (χ2n) is 6.53. The van der Waals surface area contributed by atoms with Crippen molar-refractivity contribution in [1.29, 1.82) is 0 Å². The van der Waals surface area contributed by atoms with Crippen molar-refractivity contribution in [2.75, 3.05) is 24.4 Å². The van der Waals surface area contributed by atoms with Crippen LogP contribution in [0, 0.1) is 0 Å². The van der Waals surface area contributed by atoms with Crippen LogP contribution in [0.5, 0.6) is 0 Å². The van der Waals surface area contributed by atoms with E-state index in [0.717, 1.165) is 10.7 Å². The van der Waals surface area contributed by atoms with Gasteiger partial charge in [-0.1, -0.05) is 30.7 Å². The standard InChI is InChI=1S/C18H23N3O3S3/c1-18(2,11-21-16(23)7-8-17(21)24)13-5-4-6-15(20-13)27-26-10-9-14(22)19-12-25-3/h4-8H,9-12H2,1-3H3,(H,19,22). The maximum Gasteiger partial charge on any atom is 0.253 e. The number of nitrogens with one attached hydrogen (secondary N) is 1. The van der Waals surface area contributed by atoms with E-state index >= 15 is 0 Å². The van der Waals surface area contributed by atoms with E-state index in [0.29, 0.717) is 18.1 Å². The van der Waals surface area contributed by atoms with Gasteiger partial charge in [-0.2, -0.15) is 0 Å². The molecule has 9 heteroatoms. The minimum absolute atomic E-state index is 0.0499. The lowest BCUT2D eigenvalue weighted by molar-refractivity contribution is -0.137. The van der Waals surface area contributed by atoms with E-state index in [1.807, 2.05) is 38.3 Å². The summed E-state index contributed by atoms with van der Waals surface area (Å²) in [6.07, 6.45) is 5.00. The number of imide groups is 1. The summed E-state index contributed by atoms with van der Waals surface area (Å²) in [5.41, 5.74) is 0.356. The van der Waals surface area contributed by atoms with Crippen LogP contribution in [0.25, 0.3) is 0 Å². The molecular formula is C18H23N3O3S3. The summed E-state index contributed by atoms with van der Waals surface area (Å²) >= 11 is 1.58. The second kappa shape index (κ2) is 10.2. The minimum atomic E-state index is -0.462. The molecule has 1 N–H and O–H groups in total. The first-order valence-electron chi connectivity index (χ1n) is 8.39. The lowest BCUT2D eigenvalue weighted by Crippen LogP contribution is -2.41. The molecule has 0 aliphatic carbocycles. The molecule has 0 unspecified atom stereocenters. The van der Waals surface area contributed by atoms with Crippen LogP contribution in [0.1, 0.15) is 26.0 Å². The predicted molar refractivity (Wildman–Crippen MR) is 113 cm³/mol. The summed E-state index contributed by atoms with van der Waals surface area (Å²) in [5, 5.41) is 3.66. The molecule has 0 spiro atoms. The number of hydrogen-bond donors (Lipinski definition) is 1. The molecule has 6 nitrogen and oxygen atoms in total. The fourth-order valence-electron chi connectivity index (χ4n) is 2.38. The number of aromatic nitrogens is 1. The molecule has 0 fully saturated rings. The van der Waals surface area contributed by atoms with Crippen molar-refractivity contribution in [3.8, 4) is 0 Å². The van der Waals surface area contributed by atoms with Gasteiger partial charge in [0.1, 0.15) is 5.03 Å². The highest BCUT2D eigenvalue weighted by Crippen LogP contribution is 2.32. The summed E-state index contributed by atoms with van der Waals surface area (Å²) in [7, 11) is 3.10. The van der Waals surface area contributed by atoms with Crippen molar-refractivity contribution < 1.29 is 14.4 Å². The average Bonchev–Trinajstić information content (AvgIpc) is 2.95. The van der Waals surface area contributed by atoms with Crippen LogP contribution in [0.15, 0.2) is 35.4 Å². The monoisotopic (exact) mass is 425 g/mol. The van der Waals surface area contributed by atoms with Crippen molar-refractivity contribution in [2.45, 2.75) is 30.7 Å². The van der Waals surface area contributed by atoms with E-state index < -0.39 is 5.41 Å². The van der Waals surface area contributed by atoms with Crippen molar-refractivity contribution in [3.05, 3.63) is 36.0 Å². The first-order chi connectivity index (χ1) is 12.8. The first-order valence-corrected chi connectivity index (χ1v) is 12.1. The van der Waals surface area contributed by atoms with Crippen molar-refractivity contribution in [3.63, 3.8) is 0 Å². The first kappa shape index (κ1) is 21.8. The van der Waals surface area contributed by atoms with E-state index in [1.165, 1.54) is 27.8 Å². The highest BCUT2D eigenvalue weighted by molar-refractivity contribution is 8.76. The molecule has 0 saturated carbocycles. The lowest BCUT2D eigenvalue weighted by Gasteiger charge is -2.28. The normalized spacial score (nSPS) is 14.1. The number of carbonyl (C=O) groups excluding carboxylic acids is 3. The lowest BCUT2D eigenvalue weighted by atomic mass is 9.88. The van der Waals surface area contributed by atoms with Gasteiger partial charge in [-0.25, -0.2) is 4.98 Å². The molecule has 0 saturated heterocycles. The molecule has 1 aromatic rings. The number of hydrogen-bond acceptors (Lipinski definition) is 7. The Morgan fingerprint density at radius 2 is 1.93 bits per heavy atom. The van der Waals surface area contributed by atoms with Crippen LogP contribution in [-0.2, 0) is 19.8 Å². The molecule has 0 radical (unpaired) electrons. The molecule has 0 bridgehead atoms. The third kappa shape index (κ3) is 6.58. The Morgan fingerprint density at radius 1 is 1.22 bits per heavy atom. The number of rotatable bonds is 10. The van der Waals surface area contributed by atoms with Gasteiger partial charge < -0.3 is 5.32 Å². The van der Waals surface area contributed by atoms with Gasteiger partial charge in [0.25, 0.3) is 11.8 Å². The number of thioether (sulfide) groups is 1. The molecule has 2 heterocycles. The molecule has 27 heavy (non-hydrogen) atoms. The molecule has 3 amide bonds. The van der Waals surface area contributed by atoms with Gasteiger partial charge in [0.2, 0.25) is 5.91 Å². The van der Waals surface area contributed by atoms with Gasteiger partial charge in [0.05, 0.1) is 5.88 Å². The number of amides is 3. The van der Waals surface area contributed by atoms with Crippen molar-refractivity contribution >= 4 is 51.1 Å². The average molecular weight is 426 g/mol. The molecule has 0 atom stereocenters. The van der Waals surface area contributed by atoms with Gasteiger partial charge in [-0.15, -0.1) is 11.8 Å². The predicted octanol–water partition coefficient (Wildman–Crippen LogP) is 2.85. The van der Waals surface area contributed by atoms with Crippen molar-refractivity contribution in [1.82, 2.24) is 15.2 Å². The second-order valence-corrected chi connectivity index (χ2v) is 9.83. The van der Waals surface area contributed by atoms with Gasteiger partial charge in [-0.05, 0) is 29.2 Å². The van der Waals surface area contributed by atoms with Crippen molar-refractivity contribution in [2.24, 2.45) is 0 Å². The van der Waals surface area contributed by atoms with E-state index in [4.69, 9.17) is 0 Å². The van der Waals surface area contributed by atoms with Crippen LogP contribution < -0.4 is 5.32 Å². The van der Waals surface area contributed by atoms with Gasteiger partial charge in [-0.3, -0.25) is 19.3 Å². The summed E-state index contributed by atoms with van der Waals surface area (Å²) in [5.74, 6) is 0.812. The zero-order chi connectivity index (χ0) is 19.9. The van der Waals surface area contributed by atoms with Gasteiger partial charge in [0.15, 0.2) is 0 Å². The highest BCUT2D eigenvalue weighted by atomic mass is 33.1. The molecular weight excluding hydrogens is 402 g/mol. The molecule has 1 aromatic heterocycles. The minimum Gasteiger partial charge on any atom is -0.347 e. The van der Waals surface area contributed by atoms with Crippen LogP contribution in [0.3, 0.4) is 0 Å². The smallest absolute Gasteiger partial charge is 0.253 e. The van der Waals surface area contributed by atoms with Gasteiger partial charge >= 0.3 is 0 Å². The summed E-state index contributed by atoms with van der Waals surface area (Å²) in [6.45, 7) is 4.21. The van der Waals surface area contributed by atoms with E-state index in [1.54, 1.807) is 22.6 Å². The van der Waals surface area contributed by atoms with Crippen LogP contribution in [-0.4, -0.2) is 52.0 Å². The van der Waals surface area contributed by atoms with Crippen LogP contribution in [0.2, 0.25) is 0 Å². The molecule has 0 aromatic carbocycles. The number of pyridine rings is 1. The maximum atomic E-state index is 11.8. The molecule has 2 rings (SSSR count). The Balaban J connectivity index is 1.89. The quantitative estimate of drug-likeness (QED) is 0.267. The molecule has 1 aliphatic heterocycles. The van der Waals surface area contributed by atoms with Gasteiger partial charge in [0, 0.05) is 42.0 Å². The highest BCUT2D eigenvalue weighted by Gasteiger charge is 2.32. The zero-order valence-electron chi connectivity index (χ0n) is 15.6. The Morgan fingerprint density at radius 3 is 2.59 bits per heavy atom. The third-order valence-electron chi connectivity index (χ3n) is 3.84. The fraction of sp³-hybridized carbons (Fsp3) is 0.444. The summed E-state index contributed by atoms with van der Waals surface area (Å²) < 4.78 is 0. The Labute approximate surface area is 171 Å². The largest absolute Gasteiger partial charge is 0.347 e. The summed E-state index contributed by atoms with van der Waals surface area (Å²) in [6, 6.07) is 5.74. The Bertz CT molecular complexity index is 720. The molecule has 1 aliphatic rings. The van der Waals surface area contributed by atoms with E-state index in [2.05, 4.69) is 10.3 Å². The van der Waals surface area contributed by atoms with Crippen LogP contribution in [0.4, 0.5) is 0 Å².